The van der Waals surface area contributed by atoms with Gasteiger partial charge in [0.1, 0.15) is 0 Å². The maximum absolute atomic E-state index is 11.0. The molecule has 3 heteroatoms. The lowest BCUT2D eigenvalue weighted by atomic mass is 10.1. The van der Waals surface area contributed by atoms with Crippen molar-refractivity contribution in [2.45, 2.75) is 90.3 Å². The first kappa shape index (κ1) is 17.2. The first-order valence-electron chi connectivity index (χ1n) is 9.66. The second-order valence-corrected chi connectivity index (χ2v) is 6.67. The van der Waals surface area contributed by atoms with Crippen LogP contribution < -0.4 is 0 Å². The van der Waals surface area contributed by atoms with E-state index in [1.165, 1.54) is 70.2 Å². The van der Waals surface area contributed by atoms with Crippen LogP contribution in [0.2, 0.25) is 0 Å². The fraction of sp³-hybridized carbons (Fsp3) is 0.944. The van der Waals surface area contributed by atoms with Crippen LogP contribution in [0, 0.1) is 0 Å². The van der Waals surface area contributed by atoms with Gasteiger partial charge in [-0.3, -0.25) is 4.79 Å². The van der Waals surface area contributed by atoms with Crippen LogP contribution >= 0.6 is 11.8 Å². The van der Waals surface area contributed by atoms with Crippen LogP contribution in [0.5, 0.6) is 0 Å². The summed E-state index contributed by atoms with van der Waals surface area (Å²) in [7, 11) is 1.39. The number of hydrogen-bond donors (Lipinski definition) is 0. The Morgan fingerprint density at radius 1 is 0.905 bits per heavy atom. The van der Waals surface area contributed by atoms with Crippen LogP contribution in [-0.4, -0.2) is 24.6 Å². The lowest BCUT2D eigenvalue weighted by molar-refractivity contribution is -0.140. The first-order valence-corrected chi connectivity index (χ1v) is 9.82. The largest absolute Gasteiger partial charge is 0.469 e. The molecule has 0 amide bonds. The Morgan fingerprint density at radius 2 is 1.43 bits per heavy atom. The van der Waals surface area contributed by atoms with E-state index in [9.17, 15) is 4.79 Å². The number of unbranched alkanes of at least 4 members (excludes halogenated alkanes) is 9. The summed E-state index contributed by atoms with van der Waals surface area (Å²) in [4.78, 5) is 11.0. The highest BCUT2D eigenvalue weighted by atomic mass is 32.2. The molecule has 0 aromatic rings. The number of rotatable bonds is 16. The van der Waals surface area contributed by atoms with Crippen LogP contribution in [0.1, 0.15) is 93.1 Å². The summed E-state index contributed by atoms with van der Waals surface area (Å²) < 4.78 is 20.6. The zero-order chi connectivity index (χ0) is 17.4. The third-order valence-corrected chi connectivity index (χ3v) is 4.49. The predicted molar refractivity (Wildman–Crippen MR) is 95.0 cm³/mol. The van der Waals surface area contributed by atoms with Gasteiger partial charge in [-0.15, -0.1) is 0 Å². The second-order valence-electron chi connectivity index (χ2n) is 5.56. The number of thioether (sulfide) groups is 1. The second kappa shape index (κ2) is 17.9. The van der Waals surface area contributed by atoms with E-state index in [0.29, 0.717) is 24.3 Å². The smallest absolute Gasteiger partial charge is 0.306 e. The molecule has 0 fully saturated rings. The molecule has 0 atom stereocenters. The number of carbonyl (C=O) groups is 1. The summed E-state index contributed by atoms with van der Waals surface area (Å²) >= 11 is 1.51. The minimum atomic E-state index is -1.11. The number of methoxy groups -OCH3 is 1. The first-order chi connectivity index (χ1) is 11.0. The van der Waals surface area contributed by atoms with Gasteiger partial charge >= 0.3 is 5.97 Å². The molecule has 0 bridgehead atoms. The van der Waals surface area contributed by atoms with Crippen molar-refractivity contribution in [3.05, 3.63) is 0 Å². The average molecular weight is 319 g/mol. The summed E-state index contributed by atoms with van der Waals surface area (Å²) in [5.41, 5.74) is 0. The van der Waals surface area contributed by atoms with E-state index < -0.39 is 6.37 Å². The van der Waals surface area contributed by atoms with Gasteiger partial charge in [-0.2, -0.15) is 11.8 Å². The molecule has 0 N–H and O–H groups in total. The molecule has 2 nitrogen and oxygen atoms in total. The Labute approximate surface area is 139 Å². The zero-order valence-corrected chi connectivity index (χ0v) is 14.9. The summed E-state index contributed by atoms with van der Waals surface area (Å²) in [5, 5.41) is 0. The Bertz CT molecular complexity index is 286. The van der Waals surface area contributed by atoms with Gasteiger partial charge in [0.25, 0.3) is 0 Å². The number of esters is 1. The summed E-state index contributed by atoms with van der Waals surface area (Å²) in [6.45, 7) is 2.25. The van der Waals surface area contributed by atoms with Gasteiger partial charge < -0.3 is 4.74 Å². The van der Waals surface area contributed by atoms with E-state index >= 15 is 0 Å². The van der Waals surface area contributed by atoms with Crippen molar-refractivity contribution >= 4 is 17.7 Å². The van der Waals surface area contributed by atoms with Crippen molar-refractivity contribution in [1.29, 1.82) is 0 Å². The maximum Gasteiger partial charge on any atom is 0.306 e. The minimum Gasteiger partial charge on any atom is -0.469 e. The van der Waals surface area contributed by atoms with Crippen molar-refractivity contribution < 1.29 is 12.3 Å². The van der Waals surface area contributed by atoms with Gasteiger partial charge in [0.05, 0.1) is 13.5 Å². The topological polar surface area (TPSA) is 26.3 Å². The van der Waals surface area contributed by atoms with Gasteiger partial charge in [0.2, 0.25) is 0 Å². The number of ether oxygens (including phenoxy) is 1. The highest BCUT2D eigenvalue weighted by molar-refractivity contribution is 7.99. The standard InChI is InChI=1S/C18H36O2S/c1-3-4-5-6-7-8-9-10-11-12-13-14-16-21-17-15-18(19)20-2/h3-17H2,1-2H3/i14D2. The van der Waals surface area contributed by atoms with Gasteiger partial charge in [0, 0.05) is 8.49 Å². The molecule has 0 saturated heterocycles. The van der Waals surface area contributed by atoms with E-state index in [1.54, 1.807) is 0 Å². The van der Waals surface area contributed by atoms with Crippen molar-refractivity contribution in [1.82, 2.24) is 0 Å². The molecule has 0 aromatic carbocycles. The summed E-state index contributed by atoms with van der Waals surface area (Å²) in [6.07, 6.45) is 12.7. The molecule has 0 spiro atoms. The Morgan fingerprint density at radius 3 is 1.95 bits per heavy atom. The van der Waals surface area contributed by atoms with Crippen LogP contribution in [-0.2, 0) is 9.53 Å². The molecule has 0 aromatic heterocycles. The highest BCUT2D eigenvalue weighted by Gasteiger charge is 1.99. The number of carbonyl (C=O) groups excluding carboxylic acids is 1. The normalized spacial score (nSPS) is 12.9. The van der Waals surface area contributed by atoms with Crippen molar-refractivity contribution in [2.24, 2.45) is 0 Å². The quantitative estimate of drug-likeness (QED) is 0.258. The van der Waals surface area contributed by atoms with Crippen LogP contribution in [0.25, 0.3) is 0 Å². The molecule has 0 unspecified atom stereocenters. The molecule has 0 rings (SSSR count). The van der Waals surface area contributed by atoms with Crippen LogP contribution in [0.3, 0.4) is 0 Å². The Hall–Kier alpha value is -0.180. The van der Waals surface area contributed by atoms with Gasteiger partial charge in [-0.1, -0.05) is 77.6 Å². The minimum absolute atomic E-state index is 0.215. The van der Waals surface area contributed by atoms with E-state index in [-0.39, 0.29) is 5.97 Å². The van der Waals surface area contributed by atoms with Crippen molar-refractivity contribution in [3.63, 3.8) is 0 Å². The van der Waals surface area contributed by atoms with E-state index in [1.807, 2.05) is 0 Å². The monoisotopic (exact) mass is 318 g/mol. The average Bonchev–Trinajstić information content (AvgIpc) is 2.53. The molecule has 0 radical (unpaired) electrons. The van der Waals surface area contributed by atoms with Crippen LogP contribution in [0.4, 0.5) is 0 Å². The lowest BCUT2D eigenvalue weighted by Crippen LogP contribution is -2.01. The highest BCUT2D eigenvalue weighted by Crippen LogP contribution is 2.13. The Balaban J connectivity index is 3.39. The number of hydrogen-bond acceptors (Lipinski definition) is 3. The fourth-order valence-corrected chi connectivity index (χ4v) is 2.96. The summed E-state index contributed by atoms with van der Waals surface area (Å²) in [6, 6.07) is 0. The molecule has 21 heavy (non-hydrogen) atoms. The van der Waals surface area contributed by atoms with E-state index in [0.717, 1.165) is 12.8 Å². The molecule has 0 heterocycles. The molecule has 0 aliphatic heterocycles. The zero-order valence-electron chi connectivity index (χ0n) is 16.1. The summed E-state index contributed by atoms with van der Waals surface area (Å²) in [5.74, 6) is 0.902. The Kier molecular flexibility index (Phi) is 14.6. The van der Waals surface area contributed by atoms with E-state index in [4.69, 9.17) is 2.74 Å². The predicted octanol–water partition coefficient (Wildman–Crippen LogP) is 5.98. The fourth-order valence-electron chi connectivity index (χ4n) is 2.21. The molecule has 0 saturated carbocycles. The van der Waals surface area contributed by atoms with Crippen molar-refractivity contribution in [3.8, 4) is 0 Å². The SMILES string of the molecule is [2H]C([2H])(CCCCCCCCCCCC)CSCCC(=O)OC. The van der Waals surface area contributed by atoms with Crippen molar-refractivity contribution in [2.75, 3.05) is 18.6 Å². The van der Waals surface area contributed by atoms with Gasteiger partial charge in [-0.05, 0) is 12.1 Å². The van der Waals surface area contributed by atoms with E-state index in [2.05, 4.69) is 11.7 Å². The van der Waals surface area contributed by atoms with Gasteiger partial charge in [0.15, 0.2) is 0 Å². The molecule has 126 valence electrons. The lowest BCUT2D eigenvalue weighted by Gasteiger charge is -2.03. The molecule has 0 aliphatic rings. The third-order valence-electron chi connectivity index (χ3n) is 3.59. The van der Waals surface area contributed by atoms with Crippen LogP contribution in [0.15, 0.2) is 0 Å². The third kappa shape index (κ3) is 17.8. The molecular formula is C18H36O2S. The van der Waals surface area contributed by atoms with Gasteiger partial charge in [-0.25, -0.2) is 0 Å². The maximum atomic E-state index is 11.0. The molecular weight excluding hydrogens is 280 g/mol. The molecule has 0 aliphatic carbocycles.